The van der Waals surface area contributed by atoms with Crippen molar-refractivity contribution in [2.24, 2.45) is 0 Å². The quantitative estimate of drug-likeness (QED) is 0.315. The van der Waals surface area contributed by atoms with Gasteiger partial charge in [0.25, 0.3) is 0 Å². The number of hydrogen-bond donors (Lipinski definition) is 0. The number of hydrogen-bond acceptors (Lipinski definition) is 4. The smallest absolute Gasteiger partial charge is 0.119 e. The molecule has 3 nitrogen and oxygen atoms in total. The minimum Gasteiger partial charge on any atom is -0.497 e. The maximum Gasteiger partial charge on any atom is 0.119 e. The van der Waals surface area contributed by atoms with E-state index in [9.17, 15) is 0 Å². The second-order valence-corrected chi connectivity index (χ2v) is 7.65. The SMILES string of the molecule is COc1ccc(N(c2ccc(/C=C/c3cccs3)cc2)c2ccc(OC)cc2)cc1. The Morgan fingerprint density at radius 3 is 1.57 bits per heavy atom. The van der Waals surface area contributed by atoms with Crippen LogP contribution in [0.4, 0.5) is 17.1 Å². The maximum atomic E-state index is 5.32. The summed E-state index contributed by atoms with van der Waals surface area (Å²) in [5.74, 6) is 1.67. The van der Waals surface area contributed by atoms with E-state index in [0.717, 1.165) is 34.1 Å². The summed E-state index contributed by atoms with van der Waals surface area (Å²) >= 11 is 1.74. The maximum absolute atomic E-state index is 5.32. The van der Waals surface area contributed by atoms with Crippen molar-refractivity contribution in [1.29, 1.82) is 0 Å². The van der Waals surface area contributed by atoms with Gasteiger partial charge in [-0.3, -0.25) is 0 Å². The van der Waals surface area contributed by atoms with E-state index in [1.807, 2.05) is 24.3 Å². The third kappa shape index (κ3) is 4.56. The number of nitrogens with zero attached hydrogens (tertiary/aromatic N) is 1. The van der Waals surface area contributed by atoms with Crippen molar-refractivity contribution in [1.82, 2.24) is 0 Å². The number of rotatable bonds is 7. The lowest BCUT2D eigenvalue weighted by atomic mass is 10.1. The summed E-state index contributed by atoms with van der Waals surface area (Å²) in [4.78, 5) is 3.46. The van der Waals surface area contributed by atoms with Gasteiger partial charge >= 0.3 is 0 Å². The van der Waals surface area contributed by atoms with Crippen LogP contribution in [0.3, 0.4) is 0 Å². The van der Waals surface area contributed by atoms with Crippen molar-refractivity contribution in [3.8, 4) is 11.5 Å². The van der Waals surface area contributed by atoms with Crippen molar-refractivity contribution in [3.05, 3.63) is 101 Å². The van der Waals surface area contributed by atoms with E-state index in [1.165, 1.54) is 4.88 Å². The summed E-state index contributed by atoms with van der Waals surface area (Å²) in [6.07, 6.45) is 4.28. The summed E-state index contributed by atoms with van der Waals surface area (Å²) in [5, 5.41) is 2.09. The molecule has 1 aromatic heterocycles. The summed E-state index contributed by atoms with van der Waals surface area (Å²) in [5.41, 5.74) is 4.36. The standard InChI is InChI=1S/C26H23NO2S/c1-28-24-14-10-22(11-15-24)27(23-12-16-25(29-2)17-13-23)21-8-5-20(6-9-21)7-18-26-4-3-19-30-26/h3-19H,1-2H3/b18-7+. The van der Waals surface area contributed by atoms with E-state index in [4.69, 9.17) is 9.47 Å². The van der Waals surface area contributed by atoms with Gasteiger partial charge in [-0.2, -0.15) is 0 Å². The summed E-state index contributed by atoms with van der Waals surface area (Å²) in [6.45, 7) is 0. The minimum absolute atomic E-state index is 0.836. The summed E-state index contributed by atoms with van der Waals surface area (Å²) < 4.78 is 10.6. The second kappa shape index (κ2) is 9.33. The Morgan fingerprint density at radius 2 is 1.13 bits per heavy atom. The van der Waals surface area contributed by atoms with Crippen LogP contribution >= 0.6 is 11.3 Å². The van der Waals surface area contributed by atoms with Gasteiger partial charge in [0.15, 0.2) is 0 Å². The van der Waals surface area contributed by atoms with Crippen LogP contribution in [-0.2, 0) is 0 Å². The highest BCUT2D eigenvalue weighted by Crippen LogP contribution is 2.36. The predicted octanol–water partition coefficient (Wildman–Crippen LogP) is 7.41. The van der Waals surface area contributed by atoms with Crippen LogP contribution in [0.5, 0.6) is 11.5 Å². The van der Waals surface area contributed by atoms with Crippen molar-refractivity contribution >= 4 is 40.6 Å². The molecule has 0 atom stereocenters. The molecule has 0 aliphatic heterocycles. The lowest BCUT2D eigenvalue weighted by molar-refractivity contribution is 0.415. The molecule has 0 fully saturated rings. The van der Waals surface area contributed by atoms with Crippen molar-refractivity contribution < 1.29 is 9.47 Å². The average Bonchev–Trinajstić information content (AvgIpc) is 3.33. The van der Waals surface area contributed by atoms with Gasteiger partial charge in [0.2, 0.25) is 0 Å². The summed E-state index contributed by atoms with van der Waals surface area (Å²) in [7, 11) is 3.36. The highest BCUT2D eigenvalue weighted by molar-refractivity contribution is 7.10. The van der Waals surface area contributed by atoms with Crippen LogP contribution in [-0.4, -0.2) is 14.2 Å². The van der Waals surface area contributed by atoms with Crippen molar-refractivity contribution in [2.75, 3.05) is 19.1 Å². The van der Waals surface area contributed by atoms with Gasteiger partial charge in [0.1, 0.15) is 11.5 Å². The molecule has 0 bridgehead atoms. The molecule has 0 radical (unpaired) electrons. The van der Waals surface area contributed by atoms with Gasteiger partial charge < -0.3 is 14.4 Å². The Balaban J connectivity index is 1.67. The number of thiophene rings is 1. The predicted molar refractivity (Wildman–Crippen MR) is 127 cm³/mol. The molecule has 0 aliphatic carbocycles. The molecular weight excluding hydrogens is 390 g/mol. The van der Waals surface area contributed by atoms with Crippen molar-refractivity contribution in [2.45, 2.75) is 0 Å². The molecule has 0 saturated carbocycles. The van der Waals surface area contributed by atoms with E-state index < -0.39 is 0 Å². The van der Waals surface area contributed by atoms with E-state index in [1.54, 1.807) is 25.6 Å². The van der Waals surface area contributed by atoms with Gasteiger partial charge in [-0.05, 0) is 83.7 Å². The Kier molecular flexibility index (Phi) is 6.16. The Hall–Kier alpha value is -3.50. The fourth-order valence-corrected chi connectivity index (χ4v) is 3.83. The van der Waals surface area contributed by atoms with Gasteiger partial charge in [-0.1, -0.05) is 24.3 Å². The van der Waals surface area contributed by atoms with Crippen LogP contribution in [0.25, 0.3) is 12.2 Å². The number of anilines is 3. The third-order valence-corrected chi connectivity index (χ3v) is 5.63. The minimum atomic E-state index is 0.836. The van der Waals surface area contributed by atoms with Gasteiger partial charge in [0, 0.05) is 21.9 Å². The molecule has 30 heavy (non-hydrogen) atoms. The zero-order valence-corrected chi connectivity index (χ0v) is 17.8. The molecule has 3 aromatic carbocycles. The molecular formula is C26H23NO2S. The summed E-state index contributed by atoms with van der Waals surface area (Å²) in [6, 6.07) is 28.9. The fraction of sp³-hybridized carbons (Fsp3) is 0.0769. The van der Waals surface area contributed by atoms with Crippen LogP contribution in [0.1, 0.15) is 10.4 Å². The average molecular weight is 414 g/mol. The first-order valence-electron chi connectivity index (χ1n) is 9.67. The Bertz CT molecular complexity index is 1040. The lowest BCUT2D eigenvalue weighted by Gasteiger charge is -2.26. The Labute approximate surface area is 181 Å². The molecule has 150 valence electrons. The zero-order chi connectivity index (χ0) is 20.8. The van der Waals surface area contributed by atoms with Gasteiger partial charge in [-0.15, -0.1) is 11.3 Å². The first-order valence-corrected chi connectivity index (χ1v) is 10.5. The van der Waals surface area contributed by atoms with E-state index in [0.29, 0.717) is 0 Å². The number of benzene rings is 3. The molecule has 0 unspecified atom stereocenters. The normalized spacial score (nSPS) is 10.9. The topological polar surface area (TPSA) is 21.7 Å². The highest BCUT2D eigenvalue weighted by atomic mass is 32.1. The molecule has 4 rings (SSSR count). The molecule has 0 aliphatic rings. The van der Waals surface area contributed by atoms with Crippen LogP contribution in [0.2, 0.25) is 0 Å². The van der Waals surface area contributed by atoms with Gasteiger partial charge in [0.05, 0.1) is 14.2 Å². The molecule has 4 aromatic rings. The van der Waals surface area contributed by atoms with E-state index >= 15 is 0 Å². The molecule has 0 spiro atoms. The highest BCUT2D eigenvalue weighted by Gasteiger charge is 2.12. The van der Waals surface area contributed by atoms with E-state index in [-0.39, 0.29) is 0 Å². The third-order valence-electron chi connectivity index (χ3n) is 4.80. The number of methoxy groups -OCH3 is 2. The first kappa shape index (κ1) is 19.8. The van der Waals surface area contributed by atoms with Gasteiger partial charge in [-0.25, -0.2) is 0 Å². The molecule has 0 saturated heterocycles. The zero-order valence-electron chi connectivity index (χ0n) is 17.0. The molecule has 0 N–H and O–H groups in total. The molecule has 0 amide bonds. The lowest BCUT2D eigenvalue weighted by Crippen LogP contribution is -2.09. The molecule has 4 heteroatoms. The largest absolute Gasteiger partial charge is 0.497 e. The first-order chi connectivity index (χ1) is 14.8. The second-order valence-electron chi connectivity index (χ2n) is 6.67. The monoisotopic (exact) mass is 413 g/mol. The number of ether oxygens (including phenoxy) is 2. The van der Waals surface area contributed by atoms with Crippen LogP contribution in [0.15, 0.2) is 90.3 Å². The van der Waals surface area contributed by atoms with Crippen LogP contribution < -0.4 is 14.4 Å². The van der Waals surface area contributed by atoms with Crippen LogP contribution in [0, 0.1) is 0 Å². The fourth-order valence-electron chi connectivity index (χ4n) is 3.21. The van der Waals surface area contributed by atoms with E-state index in [2.05, 4.69) is 83.1 Å². The Morgan fingerprint density at radius 1 is 0.633 bits per heavy atom. The molecule has 1 heterocycles. The van der Waals surface area contributed by atoms with Crippen molar-refractivity contribution in [3.63, 3.8) is 0 Å².